The van der Waals surface area contributed by atoms with E-state index in [4.69, 9.17) is 15.0 Å². The second-order valence-corrected chi connectivity index (χ2v) is 7.30. The molecule has 2 aromatic carbocycles. The first-order chi connectivity index (χ1) is 13.3. The Hall–Kier alpha value is -3.65. The van der Waals surface area contributed by atoms with E-state index in [1.165, 1.54) is 0 Å². The van der Waals surface area contributed by atoms with E-state index in [1.54, 1.807) is 6.07 Å². The lowest BCUT2D eigenvalue weighted by atomic mass is 10.1. The molecule has 0 aliphatic carbocycles. The summed E-state index contributed by atoms with van der Waals surface area (Å²) in [4.78, 5) is 16.6. The van der Waals surface area contributed by atoms with Crippen molar-refractivity contribution in [3.63, 3.8) is 0 Å². The fourth-order valence-electron chi connectivity index (χ4n) is 2.65. The van der Waals surface area contributed by atoms with Crippen molar-refractivity contribution in [2.45, 2.75) is 26.4 Å². The molecule has 5 heteroatoms. The number of hydrogen-bond donors (Lipinski definition) is 1. The summed E-state index contributed by atoms with van der Waals surface area (Å²) >= 11 is 0. The van der Waals surface area contributed by atoms with Crippen LogP contribution in [0.3, 0.4) is 0 Å². The van der Waals surface area contributed by atoms with E-state index >= 15 is 0 Å². The van der Waals surface area contributed by atoms with Gasteiger partial charge in [-0.1, -0.05) is 30.3 Å². The van der Waals surface area contributed by atoms with Gasteiger partial charge < -0.3 is 4.74 Å². The van der Waals surface area contributed by atoms with Gasteiger partial charge in [-0.15, -0.1) is 0 Å². The lowest BCUT2D eigenvalue weighted by Gasteiger charge is -2.19. The number of pyridine rings is 1. The first kappa shape index (κ1) is 19.1. The minimum Gasteiger partial charge on any atom is -0.444 e. The summed E-state index contributed by atoms with van der Waals surface area (Å²) in [5.41, 5.74) is 4.13. The van der Waals surface area contributed by atoms with Crippen molar-refractivity contribution in [2.75, 3.05) is 5.32 Å². The summed E-state index contributed by atoms with van der Waals surface area (Å²) in [6.45, 7) is 5.46. The second kappa shape index (κ2) is 7.93. The Balaban J connectivity index is 1.79. The van der Waals surface area contributed by atoms with Crippen LogP contribution in [0.1, 0.15) is 26.3 Å². The summed E-state index contributed by atoms with van der Waals surface area (Å²) in [6, 6.07) is 22.7. The lowest BCUT2D eigenvalue weighted by Crippen LogP contribution is -2.27. The molecule has 5 nitrogen and oxygen atoms in total. The number of nitrogens with one attached hydrogen (secondary N) is 1. The maximum Gasteiger partial charge on any atom is 0.412 e. The first-order valence-corrected chi connectivity index (χ1v) is 8.92. The molecule has 0 fully saturated rings. The predicted octanol–water partition coefficient (Wildman–Crippen LogP) is 5.63. The van der Waals surface area contributed by atoms with E-state index < -0.39 is 11.7 Å². The predicted molar refractivity (Wildman–Crippen MR) is 110 cm³/mol. The quantitative estimate of drug-likeness (QED) is 0.647. The number of anilines is 1. The van der Waals surface area contributed by atoms with Crippen LogP contribution in [-0.2, 0) is 4.74 Å². The molecule has 1 aromatic heterocycles. The molecule has 1 heterocycles. The standard InChI is InChI=1S/C23H21N3O2/c1-23(2,3)28-22(27)25-19-12-10-17(11-13-19)20-8-5-9-21(26-20)18-7-4-6-16(14-18)15-24/h4-14H,1-3H3,(H,25,27). The highest BCUT2D eigenvalue weighted by atomic mass is 16.6. The van der Waals surface area contributed by atoms with Crippen molar-refractivity contribution in [1.29, 1.82) is 5.26 Å². The number of hydrogen-bond acceptors (Lipinski definition) is 4. The summed E-state index contributed by atoms with van der Waals surface area (Å²) < 4.78 is 5.25. The monoisotopic (exact) mass is 371 g/mol. The topological polar surface area (TPSA) is 75.0 Å². The van der Waals surface area contributed by atoms with Crippen LogP contribution in [0.25, 0.3) is 22.5 Å². The van der Waals surface area contributed by atoms with Crippen molar-refractivity contribution in [3.8, 4) is 28.6 Å². The van der Waals surface area contributed by atoms with Crippen LogP contribution in [0.5, 0.6) is 0 Å². The van der Waals surface area contributed by atoms with Gasteiger partial charge in [0.05, 0.1) is 23.0 Å². The molecule has 0 saturated carbocycles. The molecule has 28 heavy (non-hydrogen) atoms. The largest absolute Gasteiger partial charge is 0.444 e. The Morgan fingerprint density at radius 3 is 2.25 bits per heavy atom. The fourth-order valence-corrected chi connectivity index (χ4v) is 2.65. The second-order valence-electron chi connectivity index (χ2n) is 7.30. The minimum absolute atomic E-state index is 0.488. The molecular formula is C23H21N3O2. The SMILES string of the molecule is CC(C)(C)OC(=O)Nc1ccc(-c2cccc(-c3cccc(C#N)c3)n2)cc1. The van der Waals surface area contributed by atoms with E-state index in [1.807, 2.05) is 81.4 Å². The Bertz CT molecular complexity index is 1030. The Kier molecular flexibility index (Phi) is 5.42. The summed E-state index contributed by atoms with van der Waals surface area (Å²) in [5.74, 6) is 0. The Morgan fingerprint density at radius 2 is 1.61 bits per heavy atom. The molecule has 1 N–H and O–H groups in total. The highest BCUT2D eigenvalue weighted by molar-refractivity contribution is 5.85. The van der Waals surface area contributed by atoms with Crippen molar-refractivity contribution in [2.24, 2.45) is 0 Å². The number of rotatable bonds is 3. The molecule has 0 saturated heterocycles. The molecule has 1 amide bonds. The van der Waals surface area contributed by atoms with E-state index in [9.17, 15) is 4.79 Å². The molecule has 0 unspecified atom stereocenters. The Labute approximate surface area is 164 Å². The third-order valence-electron chi connectivity index (χ3n) is 3.86. The van der Waals surface area contributed by atoms with Crippen LogP contribution in [0, 0.1) is 11.3 Å². The van der Waals surface area contributed by atoms with Crippen molar-refractivity contribution in [3.05, 3.63) is 72.3 Å². The van der Waals surface area contributed by atoms with E-state index in [2.05, 4.69) is 11.4 Å². The average molecular weight is 371 g/mol. The molecule has 140 valence electrons. The number of nitrogens with zero attached hydrogens (tertiary/aromatic N) is 2. The smallest absolute Gasteiger partial charge is 0.412 e. The number of ether oxygens (including phenoxy) is 1. The summed E-state index contributed by atoms with van der Waals surface area (Å²) in [5, 5.41) is 11.8. The van der Waals surface area contributed by atoms with Gasteiger partial charge in [0.15, 0.2) is 0 Å². The third-order valence-corrected chi connectivity index (χ3v) is 3.86. The van der Waals surface area contributed by atoms with Crippen molar-refractivity contribution in [1.82, 2.24) is 4.98 Å². The van der Waals surface area contributed by atoms with Gasteiger partial charge in [-0.3, -0.25) is 5.32 Å². The molecule has 3 aromatic rings. The van der Waals surface area contributed by atoms with Crippen LogP contribution >= 0.6 is 0 Å². The van der Waals surface area contributed by atoms with Crippen molar-refractivity contribution >= 4 is 11.8 Å². The van der Waals surface area contributed by atoms with E-state index in [-0.39, 0.29) is 0 Å². The van der Waals surface area contributed by atoms with Gasteiger partial charge in [0.1, 0.15) is 5.60 Å². The fraction of sp³-hybridized carbons (Fsp3) is 0.174. The van der Waals surface area contributed by atoms with Gasteiger partial charge in [0.25, 0.3) is 0 Å². The minimum atomic E-state index is -0.544. The zero-order chi connectivity index (χ0) is 20.1. The molecule has 3 rings (SSSR count). The zero-order valence-corrected chi connectivity index (χ0v) is 16.1. The normalized spacial score (nSPS) is 10.8. The maximum atomic E-state index is 11.9. The highest BCUT2D eigenvalue weighted by Gasteiger charge is 2.16. The molecular weight excluding hydrogens is 350 g/mol. The van der Waals surface area contributed by atoms with Crippen LogP contribution in [0.15, 0.2) is 66.7 Å². The van der Waals surface area contributed by atoms with E-state index in [0.29, 0.717) is 11.3 Å². The summed E-state index contributed by atoms with van der Waals surface area (Å²) in [6.07, 6.45) is -0.488. The Morgan fingerprint density at radius 1 is 0.964 bits per heavy atom. The average Bonchev–Trinajstić information content (AvgIpc) is 2.67. The van der Waals surface area contributed by atoms with Gasteiger partial charge >= 0.3 is 6.09 Å². The zero-order valence-electron chi connectivity index (χ0n) is 16.1. The van der Waals surface area contributed by atoms with Crippen LogP contribution in [-0.4, -0.2) is 16.7 Å². The number of amides is 1. The number of carbonyl (C=O) groups excluding carboxylic acids is 1. The highest BCUT2D eigenvalue weighted by Crippen LogP contribution is 2.24. The van der Waals surface area contributed by atoms with Crippen LogP contribution in [0.2, 0.25) is 0 Å². The molecule has 0 spiro atoms. The molecule has 0 radical (unpaired) electrons. The number of aromatic nitrogens is 1. The molecule has 0 bridgehead atoms. The third kappa shape index (κ3) is 4.95. The lowest BCUT2D eigenvalue weighted by molar-refractivity contribution is 0.0636. The number of benzene rings is 2. The maximum absolute atomic E-state index is 11.9. The van der Waals surface area contributed by atoms with Gasteiger partial charge in [-0.25, -0.2) is 9.78 Å². The van der Waals surface area contributed by atoms with Crippen molar-refractivity contribution < 1.29 is 9.53 Å². The number of nitriles is 1. The first-order valence-electron chi connectivity index (χ1n) is 8.92. The van der Waals surface area contributed by atoms with E-state index in [0.717, 1.165) is 22.5 Å². The van der Waals surface area contributed by atoms with Gasteiger partial charge in [0, 0.05) is 16.8 Å². The summed E-state index contributed by atoms with van der Waals surface area (Å²) in [7, 11) is 0. The number of carbonyl (C=O) groups is 1. The van der Waals surface area contributed by atoms with Gasteiger partial charge in [0.2, 0.25) is 0 Å². The van der Waals surface area contributed by atoms with Crippen LogP contribution in [0.4, 0.5) is 10.5 Å². The van der Waals surface area contributed by atoms with Gasteiger partial charge in [-0.05, 0) is 57.2 Å². The molecule has 0 aliphatic rings. The van der Waals surface area contributed by atoms with Gasteiger partial charge in [-0.2, -0.15) is 5.26 Å². The molecule has 0 aliphatic heterocycles. The van der Waals surface area contributed by atoms with Crippen LogP contribution < -0.4 is 5.32 Å². The molecule has 0 atom stereocenters.